The van der Waals surface area contributed by atoms with Gasteiger partial charge in [-0.25, -0.2) is 14.3 Å². The van der Waals surface area contributed by atoms with E-state index in [2.05, 4.69) is 19.8 Å². The molecule has 1 aliphatic carbocycles. The number of anilines is 1. The number of aromatic carboxylic acids is 1. The molecule has 1 saturated carbocycles. The Morgan fingerprint density at radius 1 is 1.30 bits per heavy atom. The van der Waals surface area contributed by atoms with Crippen LogP contribution in [-0.2, 0) is 0 Å². The van der Waals surface area contributed by atoms with E-state index in [9.17, 15) is 9.59 Å². The third kappa shape index (κ3) is 3.21. The summed E-state index contributed by atoms with van der Waals surface area (Å²) < 4.78 is 6.40. The lowest BCUT2D eigenvalue weighted by Crippen LogP contribution is -2.13. The van der Waals surface area contributed by atoms with Gasteiger partial charge in [-0.15, -0.1) is 0 Å². The Balaban J connectivity index is 1.51. The van der Waals surface area contributed by atoms with Crippen molar-refractivity contribution in [3.05, 3.63) is 64.0 Å². The van der Waals surface area contributed by atoms with Crippen molar-refractivity contribution in [2.45, 2.75) is 18.8 Å². The zero-order chi connectivity index (χ0) is 20.8. The lowest BCUT2D eigenvalue weighted by atomic mass is 10.0. The third-order valence-electron chi connectivity index (χ3n) is 4.91. The summed E-state index contributed by atoms with van der Waals surface area (Å²) in [4.78, 5) is 28.4. The maximum Gasteiger partial charge on any atom is 0.356 e. The molecule has 10 heteroatoms. The summed E-state index contributed by atoms with van der Waals surface area (Å²) in [6.45, 7) is 0. The van der Waals surface area contributed by atoms with Crippen LogP contribution >= 0.6 is 23.1 Å². The van der Waals surface area contributed by atoms with E-state index >= 15 is 0 Å². The number of carboxylic acids is 1. The van der Waals surface area contributed by atoms with Crippen molar-refractivity contribution in [1.29, 1.82) is 0 Å². The summed E-state index contributed by atoms with van der Waals surface area (Å²) in [6, 6.07) is 7.18. The van der Waals surface area contributed by atoms with Gasteiger partial charge in [0.15, 0.2) is 5.69 Å². The first-order chi connectivity index (χ1) is 14.5. The Morgan fingerprint density at radius 3 is 2.87 bits per heavy atom. The van der Waals surface area contributed by atoms with Crippen molar-refractivity contribution in [3.63, 3.8) is 0 Å². The summed E-state index contributed by atoms with van der Waals surface area (Å²) in [6.07, 6.45) is 6.89. The van der Waals surface area contributed by atoms with Gasteiger partial charge in [0.05, 0.1) is 34.3 Å². The third-order valence-corrected chi connectivity index (χ3v) is 6.06. The molecule has 0 spiro atoms. The molecule has 4 heterocycles. The molecule has 1 aliphatic rings. The highest BCUT2D eigenvalue weighted by Gasteiger charge is 2.34. The second kappa shape index (κ2) is 7.19. The maximum atomic E-state index is 13.0. The SMILES string of the molecule is O=C(O)c1ncc(NC(=O)c2snc(-c3cccn4nccc34)c2C2CC2)cc1Cl. The fourth-order valence-electron chi connectivity index (χ4n) is 3.41. The van der Waals surface area contributed by atoms with Crippen LogP contribution in [0.4, 0.5) is 5.69 Å². The molecule has 0 unspecified atom stereocenters. The molecule has 30 heavy (non-hydrogen) atoms. The molecular formula is C20H14ClN5O3S. The summed E-state index contributed by atoms with van der Waals surface area (Å²) in [5, 5.41) is 16.0. The number of amides is 1. The van der Waals surface area contributed by atoms with Crippen molar-refractivity contribution in [3.8, 4) is 11.3 Å². The number of halogens is 1. The predicted octanol–water partition coefficient (Wildman–Crippen LogP) is 4.33. The first kappa shape index (κ1) is 18.7. The molecule has 1 amide bonds. The molecule has 0 saturated heterocycles. The molecule has 0 aromatic carbocycles. The average Bonchev–Trinajstić information content (AvgIpc) is 3.26. The molecule has 0 radical (unpaired) electrons. The lowest BCUT2D eigenvalue weighted by Gasteiger charge is -2.08. The van der Waals surface area contributed by atoms with Crippen molar-refractivity contribution >= 4 is 46.2 Å². The molecule has 5 rings (SSSR count). The standard InChI is InChI=1S/C20H14ClN5O3S/c21-13-8-11(9-22-17(13)20(28)29)24-19(27)18-15(10-3-4-10)16(25-30-18)12-2-1-7-26-14(12)5-6-23-26/h1-2,5-10H,3-4H2,(H,24,27)(H,28,29). The largest absolute Gasteiger partial charge is 0.476 e. The van der Waals surface area contributed by atoms with Crippen molar-refractivity contribution in [2.75, 3.05) is 5.32 Å². The number of nitrogens with one attached hydrogen (secondary N) is 1. The van der Waals surface area contributed by atoms with Crippen LogP contribution in [-0.4, -0.2) is 36.0 Å². The fraction of sp³-hybridized carbons (Fsp3) is 0.150. The van der Waals surface area contributed by atoms with E-state index in [1.807, 2.05) is 24.4 Å². The topological polar surface area (TPSA) is 109 Å². The van der Waals surface area contributed by atoms with Crippen molar-refractivity contribution in [2.24, 2.45) is 0 Å². The van der Waals surface area contributed by atoms with Crippen molar-refractivity contribution in [1.82, 2.24) is 19.0 Å². The van der Waals surface area contributed by atoms with Gasteiger partial charge in [-0.05, 0) is 54.6 Å². The average molecular weight is 440 g/mol. The number of hydrogen-bond donors (Lipinski definition) is 2. The van der Waals surface area contributed by atoms with Crippen LogP contribution in [0.5, 0.6) is 0 Å². The van der Waals surface area contributed by atoms with E-state index in [4.69, 9.17) is 16.7 Å². The van der Waals surface area contributed by atoms with Gasteiger partial charge in [-0.3, -0.25) is 4.79 Å². The van der Waals surface area contributed by atoms with Crippen molar-refractivity contribution < 1.29 is 14.7 Å². The molecule has 0 atom stereocenters. The summed E-state index contributed by atoms with van der Waals surface area (Å²) >= 11 is 7.11. The van der Waals surface area contributed by atoms with E-state index < -0.39 is 5.97 Å². The number of hydrogen-bond acceptors (Lipinski definition) is 6. The van der Waals surface area contributed by atoms with Crippen LogP contribution in [0.1, 0.15) is 44.5 Å². The molecule has 4 aromatic rings. The number of carbonyl (C=O) groups is 2. The summed E-state index contributed by atoms with van der Waals surface area (Å²) in [7, 11) is 0. The lowest BCUT2D eigenvalue weighted by molar-refractivity contribution is 0.0690. The first-order valence-corrected chi connectivity index (χ1v) is 10.3. The van der Waals surface area contributed by atoms with Crippen LogP contribution in [0, 0.1) is 0 Å². The molecule has 2 N–H and O–H groups in total. The summed E-state index contributed by atoms with van der Waals surface area (Å²) in [5.74, 6) is -1.25. The highest BCUT2D eigenvalue weighted by Crippen LogP contribution is 2.47. The van der Waals surface area contributed by atoms with Gasteiger partial charge in [-0.1, -0.05) is 11.6 Å². The zero-order valence-electron chi connectivity index (χ0n) is 15.4. The van der Waals surface area contributed by atoms with Gasteiger partial charge in [0.25, 0.3) is 5.91 Å². The van der Waals surface area contributed by atoms with Crippen LogP contribution < -0.4 is 5.32 Å². The molecular weight excluding hydrogens is 426 g/mol. The highest BCUT2D eigenvalue weighted by molar-refractivity contribution is 7.08. The number of carboxylic acid groups (broad SMARTS) is 1. The van der Waals surface area contributed by atoms with Gasteiger partial charge in [0, 0.05) is 17.3 Å². The number of aromatic nitrogens is 4. The number of rotatable bonds is 5. The van der Waals surface area contributed by atoms with E-state index in [0.29, 0.717) is 16.5 Å². The highest BCUT2D eigenvalue weighted by atomic mass is 35.5. The number of nitrogens with zero attached hydrogens (tertiary/aromatic N) is 4. The van der Waals surface area contributed by atoms with Gasteiger partial charge in [-0.2, -0.15) is 9.47 Å². The number of pyridine rings is 2. The minimum atomic E-state index is -1.23. The molecule has 8 nitrogen and oxygen atoms in total. The maximum absolute atomic E-state index is 13.0. The molecule has 0 bridgehead atoms. The Hall–Kier alpha value is -3.30. The van der Waals surface area contributed by atoms with E-state index in [0.717, 1.165) is 46.7 Å². The smallest absolute Gasteiger partial charge is 0.356 e. The van der Waals surface area contributed by atoms with Gasteiger partial charge in [0.2, 0.25) is 0 Å². The predicted molar refractivity (Wildman–Crippen MR) is 112 cm³/mol. The Morgan fingerprint density at radius 2 is 2.13 bits per heavy atom. The van der Waals surface area contributed by atoms with E-state index in [-0.39, 0.29) is 16.6 Å². The zero-order valence-corrected chi connectivity index (χ0v) is 16.9. The molecule has 0 aliphatic heterocycles. The molecule has 150 valence electrons. The van der Waals surface area contributed by atoms with Crippen LogP contribution in [0.25, 0.3) is 16.8 Å². The minimum absolute atomic E-state index is 0.0416. The Bertz CT molecular complexity index is 1310. The second-order valence-corrected chi connectivity index (χ2v) is 8.13. The van der Waals surface area contributed by atoms with Gasteiger partial charge < -0.3 is 10.4 Å². The minimum Gasteiger partial charge on any atom is -0.476 e. The quantitative estimate of drug-likeness (QED) is 0.479. The molecule has 4 aromatic heterocycles. The molecule has 1 fully saturated rings. The van der Waals surface area contributed by atoms with Gasteiger partial charge in [0.1, 0.15) is 4.88 Å². The number of carbonyl (C=O) groups excluding carboxylic acids is 1. The Kier molecular flexibility index (Phi) is 4.48. The normalized spacial score (nSPS) is 13.5. The monoisotopic (exact) mass is 439 g/mol. The van der Waals surface area contributed by atoms with Crippen LogP contribution in [0.15, 0.2) is 42.9 Å². The van der Waals surface area contributed by atoms with Gasteiger partial charge >= 0.3 is 5.97 Å². The summed E-state index contributed by atoms with van der Waals surface area (Å²) in [5.41, 5.74) is 3.66. The Labute approximate surface area is 179 Å². The second-order valence-electron chi connectivity index (χ2n) is 6.94. The van der Waals surface area contributed by atoms with E-state index in [1.54, 1.807) is 10.7 Å². The number of fused-ring (bicyclic) bond motifs is 1. The first-order valence-electron chi connectivity index (χ1n) is 9.15. The fourth-order valence-corrected chi connectivity index (χ4v) is 4.53. The van der Waals surface area contributed by atoms with E-state index in [1.165, 1.54) is 12.3 Å². The van der Waals surface area contributed by atoms with Crippen LogP contribution in [0.2, 0.25) is 5.02 Å². The van der Waals surface area contributed by atoms with Crippen LogP contribution in [0.3, 0.4) is 0 Å².